The number of hydrogen-bond donors (Lipinski definition) is 0. The van der Waals surface area contributed by atoms with Crippen LogP contribution in [0.5, 0.6) is 0 Å². The lowest BCUT2D eigenvalue weighted by Crippen LogP contribution is -2.41. The molecule has 0 radical (unpaired) electrons. The van der Waals surface area contributed by atoms with Gasteiger partial charge in [0.1, 0.15) is 5.69 Å². The summed E-state index contributed by atoms with van der Waals surface area (Å²) < 4.78 is 12.1. The lowest BCUT2D eigenvalue weighted by atomic mass is 9.77. The number of carbonyl (C=O) groups excluding carboxylic acids is 1. The number of aromatic nitrogens is 1. The third-order valence-electron chi connectivity index (χ3n) is 4.93. The molecule has 1 amide bonds. The van der Waals surface area contributed by atoms with Gasteiger partial charge in [-0.2, -0.15) is 0 Å². The Labute approximate surface area is 139 Å². The average Bonchev–Trinajstić information content (AvgIpc) is 2.68. The second kappa shape index (κ2) is 6.25. The van der Waals surface area contributed by atoms with Crippen LogP contribution in [0.15, 0.2) is 12.3 Å². The first kappa shape index (κ1) is 18.0. The maximum Gasteiger partial charge on any atom is 0.496 e. The monoisotopic (exact) mass is 318 g/mol. The average molecular weight is 318 g/mol. The molecular weight excluding hydrogens is 291 g/mol. The molecule has 1 aromatic heterocycles. The summed E-state index contributed by atoms with van der Waals surface area (Å²) in [5.74, 6) is -0.0430. The van der Waals surface area contributed by atoms with Gasteiger partial charge in [-0.15, -0.1) is 0 Å². The first-order valence-corrected chi connectivity index (χ1v) is 8.24. The highest BCUT2D eigenvalue weighted by Gasteiger charge is 2.52. The minimum Gasteiger partial charge on any atom is -0.399 e. The Kier molecular flexibility index (Phi) is 4.88. The van der Waals surface area contributed by atoms with Crippen LogP contribution in [0.2, 0.25) is 0 Å². The zero-order chi connectivity index (χ0) is 17.4. The van der Waals surface area contributed by atoms with E-state index in [1.807, 2.05) is 54.5 Å². The van der Waals surface area contributed by atoms with E-state index in [2.05, 4.69) is 4.98 Å². The molecule has 23 heavy (non-hydrogen) atoms. The van der Waals surface area contributed by atoms with E-state index in [-0.39, 0.29) is 17.1 Å². The molecule has 0 atom stereocenters. The van der Waals surface area contributed by atoms with Crippen LogP contribution in [0.1, 0.15) is 57.6 Å². The van der Waals surface area contributed by atoms with Crippen LogP contribution in [-0.4, -0.2) is 47.2 Å². The largest absolute Gasteiger partial charge is 0.496 e. The summed E-state index contributed by atoms with van der Waals surface area (Å²) in [4.78, 5) is 18.5. The number of carbonyl (C=O) groups is 1. The van der Waals surface area contributed by atoms with E-state index in [1.165, 1.54) is 0 Å². The third kappa shape index (κ3) is 3.28. The molecule has 126 valence electrons. The van der Waals surface area contributed by atoms with Gasteiger partial charge in [0.2, 0.25) is 0 Å². The highest BCUT2D eigenvalue weighted by Crippen LogP contribution is 2.36. The van der Waals surface area contributed by atoms with Gasteiger partial charge in [0.05, 0.1) is 11.2 Å². The van der Waals surface area contributed by atoms with Gasteiger partial charge in [0.15, 0.2) is 0 Å². The summed E-state index contributed by atoms with van der Waals surface area (Å²) in [5.41, 5.74) is 1.51. The molecule has 1 saturated heterocycles. The van der Waals surface area contributed by atoms with E-state index >= 15 is 0 Å². The van der Waals surface area contributed by atoms with E-state index in [1.54, 1.807) is 11.1 Å². The molecule has 6 heteroatoms. The molecule has 0 spiro atoms. The van der Waals surface area contributed by atoms with Crippen LogP contribution in [0.3, 0.4) is 0 Å². The second-order valence-electron chi connectivity index (χ2n) is 6.99. The van der Waals surface area contributed by atoms with Crippen molar-refractivity contribution in [3.63, 3.8) is 0 Å². The van der Waals surface area contributed by atoms with Gasteiger partial charge in [-0.3, -0.25) is 9.78 Å². The Morgan fingerprint density at radius 1 is 1.17 bits per heavy atom. The van der Waals surface area contributed by atoms with Crippen LogP contribution < -0.4 is 5.46 Å². The number of amides is 1. The number of pyridine rings is 1. The standard InChI is InChI=1S/C17H27BN2O3/c1-8-20(9-2)15(21)14-10-12(3)13(11-19-14)18-22-16(4,5)17(6,7)23-18/h10-11H,8-9H2,1-7H3. The summed E-state index contributed by atoms with van der Waals surface area (Å²) >= 11 is 0. The summed E-state index contributed by atoms with van der Waals surface area (Å²) in [7, 11) is -0.454. The first-order valence-electron chi connectivity index (χ1n) is 8.24. The van der Waals surface area contributed by atoms with Crippen molar-refractivity contribution in [1.82, 2.24) is 9.88 Å². The fourth-order valence-corrected chi connectivity index (χ4v) is 2.57. The molecule has 2 rings (SSSR count). The van der Waals surface area contributed by atoms with Gasteiger partial charge in [-0.25, -0.2) is 0 Å². The Morgan fingerprint density at radius 2 is 1.70 bits per heavy atom. The highest BCUT2D eigenvalue weighted by atomic mass is 16.7. The van der Waals surface area contributed by atoms with Crippen molar-refractivity contribution in [3.05, 3.63) is 23.5 Å². The molecule has 1 aliphatic heterocycles. The highest BCUT2D eigenvalue weighted by molar-refractivity contribution is 6.62. The number of aryl methyl sites for hydroxylation is 1. The minimum absolute atomic E-state index is 0.0430. The Bertz CT molecular complexity index is 582. The molecule has 1 aromatic rings. The van der Waals surface area contributed by atoms with Gasteiger partial charge in [0.25, 0.3) is 5.91 Å². The molecule has 0 aliphatic carbocycles. The zero-order valence-corrected chi connectivity index (χ0v) is 15.3. The van der Waals surface area contributed by atoms with Crippen LogP contribution in [0.25, 0.3) is 0 Å². The predicted molar refractivity (Wildman–Crippen MR) is 91.9 cm³/mol. The lowest BCUT2D eigenvalue weighted by Gasteiger charge is -2.32. The van der Waals surface area contributed by atoms with Crippen LogP contribution in [0, 0.1) is 6.92 Å². The van der Waals surface area contributed by atoms with Gasteiger partial charge in [-0.1, -0.05) is 0 Å². The summed E-state index contributed by atoms with van der Waals surface area (Å²) in [6.07, 6.45) is 1.70. The van der Waals surface area contributed by atoms with Crippen molar-refractivity contribution in [2.45, 2.75) is 59.7 Å². The molecule has 1 aliphatic rings. The first-order chi connectivity index (χ1) is 10.6. The minimum atomic E-state index is -0.454. The summed E-state index contributed by atoms with van der Waals surface area (Å²) in [6, 6.07) is 1.82. The lowest BCUT2D eigenvalue weighted by molar-refractivity contribution is 0.00578. The smallest absolute Gasteiger partial charge is 0.399 e. The van der Waals surface area contributed by atoms with E-state index < -0.39 is 7.12 Å². The molecule has 0 saturated carbocycles. The molecule has 0 aromatic carbocycles. The van der Waals surface area contributed by atoms with E-state index in [0.29, 0.717) is 18.8 Å². The van der Waals surface area contributed by atoms with Crippen LogP contribution >= 0.6 is 0 Å². The van der Waals surface area contributed by atoms with E-state index in [9.17, 15) is 4.79 Å². The van der Waals surface area contributed by atoms with Crippen LogP contribution in [0.4, 0.5) is 0 Å². The Hall–Kier alpha value is -1.40. The zero-order valence-electron chi connectivity index (χ0n) is 15.3. The fraction of sp³-hybridized carbons (Fsp3) is 0.647. The van der Waals surface area contributed by atoms with Crippen LogP contribution in [-0.2, 0) is 9.31 Å². The van der Waals surface area contributed by atoms with Crippen molar-refractivity contribution >= 4 is 18.5 Å². The normalized spacial score (nSPS) is 19.0. The molecule has 2 heterocycles. The SMILES string of the molecule is CCN(CC)C(=O)c1cc(C)c(B2OC(C)(C)C(C)(C)O2)cn1. The van der Waals surface area contributed by atoms with Crippen molar-refractivity contribution in [3.8, 4) is 0 Å². The molecule has 0 bridgehead atoms. The number of rotatable bonds is 4. The van der Waals surface area contributed by atoms with Crippen molar-refractivity contribution in [1.29, 1.82) is 0 Å². The second-order valence-corrected chi connectivity index (χ2v) is 6.99. The maximum atomic E-state index is 12.4. The molecule has 5 nitrogen and oxygen atoms in total. The molecule has 0 N–H and O–H groups in total. The number of hydrogen-bond acceptors (Lipinski definition) is 4. The summed E-state index contributed by atoms with van der Waals surface area (Å²) in [5, 5.41) is 0. The number of nitrogens with zero attached hydrogens (tertiary/aromatic N) is 2. The van der Waals surface area contributed by atoms with E-state index in [4.69, 9.17) is 9.31 Å². The Balaban J connectivity index is 2.26. The van der Waals surface area contributed by atoms with Gasteiger partial charge >= 0.3 is 7.12 Å². The van der Waals surface area contributed by atoms with Gasteiger partial charge < -0.3 is 14.2 Å². The van der Waals surface area contributed by atoms with Gasteiger partial charge in [0, 0.05) is 24.7 Å². The topological polar surface area (TPSA) is 51.7 Å². The molecule has 1 fully saturated rings. The van der Waals surface area contributed by atoms with Crippen molar-refractivity contribution in [2.75, 3.05) is 13.1 Å². The predicted octanol–water partition coefficient (Wildman–Crippen LogP) is 2.17. The third-order valence-corrected chi connectivity index (χ3v) is 4.93. The molecule has 0 unspecified atom stereocenters. The Morgan fingerprint density at radius 3 is 2.13 bits per heavy atom. The molecular formula is C17H27BN2O3. The summed E-state index contributed by atoms with van der Waals surface area (Å²) in [6.45, 7) is 15.3. The van der Waals surface area contributed by atoms with E-state index in [0.717, 1.165) is 11.0 Å². The van der Waals surface area contributed by atoms with Crippen molar-refractivity contribution in [2.24, 2.45) is 0 Å². The fourth-order valence-electron chi connectivity index (χ4n) is 2.57. The quantitative estimate of drug-likeness (QED) is 0.799. The van der Waals surface area contributed by atoms with Gasteiger partial charge in [-0.05, 0) is 60.1 Å². The van der Waals surface area contributed by atoms with Crippen molar-refractivity contribution < 1.29 is 14.1 Å². The maximum absolute atomic E-state index is 12.4.